The number of carbonyl (C=O) groups excluding carboxylic acids is 3. The van der Waals surface area contributed by atoms with Crippen molar-refractivity contribution < 1.29 is 28.2 Å². The van der Waals surface area contributed by atoms with Crippen LogP contribution in [0.3, 0.4) is 0 Å². The van der Waals surface area contributed by atoms with E-state index in [2.05, 4.69) is 0 Å². The lowest BCUT2D eigenvalue weighted by molar-refractivity contribution is -0.149. The first-order valence-electron chi connectivity index (χ1n) is 10.0. The zero-order valence-electron chi connectivity index (χ0n) is 17.3. The molecule has 31 heavy (non-hydrogen) atoms. The van der Waals surface area contributed by atoms with E-state index >= 15 is 0 Å². The average Bonchev–Trinajstić information content (AvgIpc) is 2.77. The standard InChI is InChI=1S/C25H23FO5/c1-3-30-25(29)23(26)15-22(18-10-12-21(13-11-18)31-16(2)27)24(28)20-9-8-17-6-4-5-7-19(17)14-20/h4-14,22-23H,3,15H2,1-2H3. The van der Waals surface area contributed by atoms with Gasteiger partial charge in [-0.2, -0.15) is 0 Å². The van der Waals surface area contributed by atoms with Gasteiger partial charge < -0.3 is 9.47 Å². The molecule has 3 aromatic rings. The summed E-state index contributed by atoms with van der Waals surface area (Å²) >= 11 is 0. The molecule has 0 heterocycles. The average molecular weight is 422 g/mol. The van der Waals surface area contributed by atoms with E-state index in [4.69, 9.17) is 9.47 Å². The largest absolute Gasteiger partial charge is 0.464 e. The van der Waals surface area contributed by atoms with Crippen molar-refractivity contribution >= 4 is 28.5 Å². The van der Waals surface area contributed by atoms with Crippen LogP contribution >= 0.6 is 0 Å². The van der Waals surface area contributed by atoms with Gasteiger partial charge in [-0.1, -0.05) is 48.5 Å². The second-order valence-electron chi connectivity index (χ2n) is 7.10. The van der Waals surface area contributed by atoms with Gasteiger partial charge in [0.1, 0.15) is 5.75 Å². The van der Waals surface area contributed by atoms with Crippen molar-refractivity contribution in [1.82, 2.24) is 0 Å². The first-order chi connectivity index (χ1) is 14.9. The molecule has 6 heteroatoms. The topological polar surface area (TPSA) is 69.7 Å². The number of halogens is 1. The highest BCUT2D eigenvalue weighted by atomic mass is 19.1. The number of carbonyl (C=O) groups is 3. The van der Waals surface area contributed by atoms with E-state index in [0.717, 1.165) is 10.8 Å². The molecule has 0 saturated carbocycles. The van der Waals surface area contributed by atoms with Gasteiger partial charge in [-0.05, 0) is 41.5 Å². The molecule has 2 unspecified atom stereocenters. The molecule has 0 aliphatic carbocycles. The van der Waals surface area contributed by atoms with Crippen molar-refractivity contribution in [2.45, 2.75) is 32.4 Å². The molecule has 0 N–H and O–H groups in total. The third-order valence-electron chi connectivity index (χ3n) is 4.88. The molecule has 0 aromatic heterocycles. The maximum atomic E-state index is 14.6. The minimum absolute atomic E-state index is 0.0552. The van der Waals surface area contributed by atoms with E-state index in [-0.39, 0.29) is 18.8 Å². The van der Waals surface area contributed by atoms with Gasteiger partial charge in [0.25, 0.3) is 0 Å². The number of hydrogen-bond acceptors (Lipinski definition) is 5. The molecule has 160 valence electrons. The molecule has 5 nitrogen and oxygen atoms in total. The first kappa shape index (κ1) is 22.2. The molecule has 0 aliphatic rings. The lowest BCUT2D eigenvalue weighted by Gasteiger charge is -2.19. The molecule has 0 radical (unpaired) electrons. The molecule has 3 rings (SSSR count). The predicted octanol–water partition coefficient (Wildman–Crippen LogP) is 5.02. The molecular weight excluding hydrogens is 399 g/mol. The van der Waals surface area contributed by atoms with Gasteiger partial charge in [0.15, 0.2) is 12.0 Å². The summed E-state index contributed by atoms with van der Waals surface area (Å²) in [5.41, 5.74) is 0.935. The fourth-order valence-electron chi connectivity index (χ4n) is 3.41. The number of fused-ring (bicyclic) bond motifs is 1. The van der Waals surface area contributed by atoms with E-state index in [1.165, 1.54) is 19.1 Å². The summed E-state index contributed by atoms with van der Waals surface area (Å²) in [6, 6.07) is 19.2. The van der Waals surface area contributed by atoms with E-state index in [1.54, 1.807) is 31.2 Å². The highest BCUT2D eigenvalue weighted by Gasteiger charge is 2.30. The number of esters is 2. The lowest BCUT2D eigenvalue weighted by Crippen LogP contribution is -2.25. The van der Waals surface area contributed by atoms with Crippen LogP contribution in [0.4, 0.5) is 4.39 Å². The highest BCUT2D eigenvalue weighted by Crippen LogP contribution is 2.30. The number of ketones is 1. The number of alkyl halides is 1. The summed E-state index contributed by atoms with van der Waals surface area (Å²) < 4.78 is 24.4. The Hall–Kier alpha value is -3.54. The Morgan fingerprint density at radius 2 is 1.61 bits per heavy atom. The number of benzene rings is 3. The molecule has 0 saturated heterocycles. The minimum Gasteiger partial charge on any atom is -0.464 e. The third-order valence-corrected chi connectivity index (χ3v) is 4.88. The van der Waals surface area contributed by atoms with Crippen molar-refractivity contribution in [3.05, 3.63) is 77.9 Å². The van der Waals surface area contributed by atoms with Gasteiger partial charge in [-0.3, -0.25) is 9.59 Å². The summed E-state index contributed by atoms with van der Waals surface area (Å²) in [4.78, 5) is 36.4. The summed E-state index contributed by atoms with van der Waals surface area (Å²) in [5.74, 6) is -2.36. The van der Waals surface area contributed by atoms with Gasteiger partial charge >= 0.3 is 11.9 Å². The van der Waals surface area contributed by atoms with Crippen LogP contribution < -0.4 is 4.74 Å². The van der Waals surface area contributed by atoms with Crippen LogP contribution in [-0.4, -0.2) is 30.5 Å². The quantitative estimate of drug-likeness (QED) is 0.290. The Labute approximate surface area is 179 Å². The second kappa shape index (κ2) is 9.98. The van der Waals surface area contributed by atoms with Crippen molar-refractivity contribution in [2.75, 3.05) is 6.61 Å². The molecule has 3 aromatic carbocycles. The maximum absolute atomic E-state index is 14.6. The van der Waals surface area contributed by atoms with Crippen molar-refractivity contribution in [3.8, 4) is 5.75 Å². The predicted molar refractivity (Wildman–Crippen MR) is 115 cm³/mol. The van der Waals surface area contributed by atoms with E-state index in [9.17, 15) is 18.8 Å². The van der Waals surface area contributed by atoms with Crippen LogP contribution in [0.15, 0.2) is 66.7 Å². The van der Waals surface area contributed by atoms with E-state index < -0.39 is 24.0 Å². The number of hydrogen-bond donors (Lipinski definition) is 0. The summed E-state index contributed by atoms with van der Waals surface area (Å²) in [6.45, 7) is 2.93. The SMILES string of the molecule is CCOC(=O)C(F)CC(C(=O)c1ccc2ccccc2c1)c1ccc(OC(C)=O)cc1. The Balaban J connectivity index is 1.94. The van der Waals surface area contributed by atoms with Crippen molar-refractivity contribution in [3.63, 3.8) is 0 Å². The Morgan fingerprint density at radius 3 is 2.26 bits per heavy atom. The molecular formula is C25H23FO5. The van der Waals surface area contributed by atoms with Crippen LogP contribution in [-0.2, 0) is 14.3 Å². The molecule has 0 amide bonds. The highest BCUT2D eigenvalue weighted by molar-refractivity contribution is 6.04. The van der Waals surface area contributed by atoms with Crippen LogP contribution in [0.1, 0.15) is 42.1 Å². The number of Topliss-reactive ketones (excluding diaryl/α,β-unsaturated/α-hetero) is 1. The van der Waals surface area contributed by atoms with Gasteiger partial charge in [0.2, 0.25) is 0 Å². The number of rotatable bonds is 8. The van der Waals surface area contributed by atoms with Crippen LogP contribution in [0, 0.1) is 0 Å². The normalized spacial score (nSPS) is 12.7. The molecule has 0 bridgehead atoms. The van der Waals surface area contributed by atoms with Crippen LogP contribution in [0.25, 0.3) is 10.8 Å². The van der Waals surface area contributed by atoms with Gasteiger partial charge in [0.05, 0.1) is 12.5 Å². The van der Waals surface area contributed by atoms with E-state index in [1.807, 2.05) is 30.3 Å². The lowest BCUT2D eigenvalue weighted by atomic mass is 9.86. The summed E-state index contributed by atoms with van der Waals surface area (Å²) in [7, 11) is 0. The van der Waals surface area contributed by atoms with Crippen molar-refractivity contribution in [1.29, 1.82) is 0 Å². The molecule has 2 atom stereocenters. The van der Waals surface area contributed by atoms with Crippen molar-refractivity contribution in [2.24, 2.45) is 0 Å². The van der Waals surface area contributed by atoms with Gasteiger partial charge in [-0.25, -0.2) is 9.18 Å². The van der Waals surface area contributed by atoms with Gasteiger partial charge in [-0.15, -0.1) is 0 Å². The fourth-order valence-corrected chi connectivity index (χ4v) is 3.41. The van der Waals surface area contributed by atoms with Crippen LogP contribution in [0.2, 0.25) is 0 Å². The first-order valence-corrected chi connectivity index (χ1v) is 10.0. The molecule has 0 spiro atoms. The Bertz CT molecular complexity index is 1090. The van der Waals surface area contributed by atoms with Gasteiger partial charge in [0, 0.05) is 18.9 Å². The van der Waals surface area contributed by atoms with E-state index in [0.29, 0.717) is 16.9 Å². The minimum atomic E-state index is -1.94. The monoisotopic (exact) mass is 422 g/mol. The zero-order chi connectivity index (χ0) is 22.4. The fraction of sp³-hybridized carbons (Fsp3) is 0.240. The maximum Gasteiger partial charge on any atom is 0.340 e. The smallest absolute Gasteiger partial charge is 0.340 e. The third kappa shape index (κ3) is 5.54. The number of ether oxygens (including phenoxy) is 2. The second-order valence-corrected chi connectivity index (χ2v) is 7.10. The zero-order valence-corrected chi connectivity index (χ0v) is 17.3. The Morgan fingerprint density at radius 1 is 0.935 bits per heavy atom. The van der Waals surface area contributed by atoms with Crippen LogP contribution in [0.5, 0.6) is 5.75 Å². The summed E-state index contributed by atoms with van der Waals surface area (Å²) in [5, 5.41) is 1.87. The molecule has 0 fully saturated rings. The molecule has 0 aliphatic heterocycles. The summed E-state index contributed by atoms with van der Waals surface area (Å²) in [6.07, 6.45) is -2.29. The Kier molecular flexibility index (Phi) is 7.13.